The average Bonchev–Trinajstić information content (AvgIpc) is 2.46. The molecule has 0 fully saturated rings. The van der Waals surface area contributed by atoms with Crippen molar-refractivity contribution in [3.8, 4) is 5.75 Å². The van der Waals surface area contributed by atoms with Crippen LogP contribution in [0.15, 0.2) is 24.3 Å². The van der Waals surface area contributed by atoms with Crippen LogP contribution >= 0.6 is 0 Å². The number of aliphatic carboxylic acids is 1. The van der Waals surface area contributed by atoms with E-state index in [0.29, 0.717) is 18.4 Å². The molecule has 5 nitrogen and oxygen atoms in total. The van der Waals surface area contributed by atoms with Crippen LogP contribution in [-0.4, -0.2) is 23.3 Å². The molecule has 0 aliphatic heterocycles. The van der Waals surface area contributed by atoms with Gasteiger partial charge in [0, 0.05) is 5.92 Å². The maximum Gasteiger partial charge on any atom is 0.573 e. The van der Waals surface area contributed by atoms with E-state index in [2.05, 4.69) is 10.1 Å². The molecule has 0 aromatic heterocycles. The van der Waals surface area contributed by atoms with Crippen LogP contribution in [0.3, 0.4) is 0 Å². The van der Waals surface area contributed by atoms with E-state index in [1.807, 2.05) is 13.8 Å². The third-order valence-corrected chi connectivity index (χ3v) is 3.57. The largest absolute Gasteiger partial charge is 0.573 e. The van der Waals surface area contributed by atoms with E-state index in [0.717, 1.165) is 12.1 Å². The first-order valence-corrected chi connectivity index (χ1v) is 7.54. The van der Waals surface area contributed by atoms with Gasteiger partial charge in [-0.1, -0.05) is 26.0 Å². The number of nitrogens with one attached hydrogen (secondary N) is 1. The maximum atomic E-state index is 12.2. The molecule has 0 radical (unpaired) electrons. The number of halogens is 3. The summed E-state index contributed by atoms with van der Waals surface area (Å²) in [5, 5.41) is 11.6. The van der Waals surface area contributed by atoms with Crippen molar-refractivity contribution in [2.24, 2.45) is 5.92 Å². The number of ether oxygens (including phenoxy) is 1. The summed E-state index contributed by atoms with van der Waals surface area (Å²) in [4.78, 5) is 23.2. The molecule has 8 heteroatoms. The second-order valence-corrected chi connectivity index (χ2v) is 5.29. The molecule has 0 aliphatic rings. The molecule has 24 heavy (non-hydrogen) atoms. The van der Waals surface area contributed by atoms with Gasteiger partial charge in [-0.2, -0.15) is 0 Å². The first kappa shape index (κ1) is 19.8. The molecule has 0 aliphatic carbocycles. The number of benzene rings is 1. The number of carbonyl (C=O) groups is 2. The summed E-state index contributed by atoms with van der Waals surface area (Å²) >= 11 is 0. The first-order valence-electron chi connectivity index (χ1n) is 7.54. The Morgan fingerprint density at radius 3 is 2.12 bits per heavy atom. The fraction of sp³-hybridized carbons (Fsp3) is 0.500. The van der Waals surface area contributed by atoms with Crippen molar-refractivity contribution in [1.29, 1.82) is 0 Å². The zero-order chi connectivity index (χ0) is 18.3. The Labute approximate surface area is 137 Å². The third kappa shape index (κ3) is 6.47. The third-order valence-electron chi connectivity index (χ3n) is 3.57. The van der Waals surface area contributed by atoms with Gasteiger partial charge < -0.3 is 15.2 Å². The molecule has 1 rings (SSSR count). The van der Waals surface area contributed by atoms with Gasteiger partial charge >= 0.3 is 12.3 Å². The highest BCUT2D eigenvalue weighted by atomic mass is 19.4. The predicted molar refractivity (Wildman–Crippen MR) is 80.3 cm³/mol. The highest BCUT2D eigenvalue weighted by Crippen LogP contribution is 2.26. The molecule has 0 spiro atoms. The van der Waals surface area contributed by atoms with Gasteiger partial charge in [0.25, 0.3) is 0 Å². The molecular weight excluding hydrogens is 327 g/mol. The molecule has 1 amide bonds. The lowest BCUT2D eigenvalue weighted by molar-refractivity contribution is -0.274. The van der Waals surface area contributed by atoms with Gasteiger partial charge in [-0.3, -0.25) is 9.59 Å². The van der Waals surface area contributed by atoms with E-state index in [1.54, 1.807) is 0 Å². The molecule has 1 atom stereocenters. The average molecular weight is 347 g/mol. The van der Waals surface area contributed by atoms with E-state index in [1.165, 1.54) is 12.1 Å². The molecule has 0 heterocycles. The molecule has 1 unspecified atom stereocenters. The topological polar surface area (TPSA) is 75.6 Å². The normalized spacial score (nSPS) is 12.8. The standard InChI is InChI=1S/C16H20F3NO4/c1-3-10(4-2)15(23)20-13(9-14(21)22)11-5-7-12(8-6-11)24-16(17,18)19/h5-8,10,13H,3-4,9H2,1-2H3,(H,20,23)(H,21,22). The lowest BCUT2D eigenvalue weighted by Gasteiger charge is -2.21. The summed E-state index contributed by atoms with van der Waals surface area (Å²) in [6.07, 6.45) is -3.95. The van der Waals surface area contributed by atoms with Gasteiger partial charge in [0.1, 0.15) is 5.75 Å². The van der Waals surface area contributed by atoms with Gasteiger partial charge in [0.05, 0.1) is 12.5 Å². The quantitative estimate of drug-likeness (QED) is 0.753. The number of carboxylic acids is 1. The first-order chi connectivity index (χ1) is 11.2. The predicted octanol–water partition coefficient (Wildman–Crippen LogP) is 3.65. The Hall–Kier alpha value is -2.25. The molecule has 1 aromatic carbocycles. The van der Waals surface area contributed by atoms with Crippen molar-refractivity contribution in [2.75, 3.05) is 0 Å². The molecular formula is C16H20F3NO4. The van der Waals surface area contributed by atoms with Crippen molar-refractivity contribution < 1.29 is 32.6 Å². The molecule has 1 aromatic rings. The summed E-state index contributed by atoms with van der Waals surface area (Å²) in [6, 6.07) is 3.96. The minimum atomic E-state index is -4.80. The van der Waals surface area contributed by atoms with Crippen LogP contribution in [0.25, 0.3) is 0 Å². The minimum absolute atomic E-state index is 0.242. The van der Waals surface area contributed by atoms with Gasteiger partial charge in [0.2, 0.25) is 5.91 Å². The fourth-order valence-corrected chi connectivity index (χ4v) is 2.28. The van der Waals surface area contributed by atoms with Crippen LogP contribution in [0, 0.1) is 5.92 Å². The number of carboxylic acid groups (broad SMARTS) is 1. The minimum Gasteiger partial charge on any atom is -0.481 e. The number of hydrogen-bond acceptors (Lipinski definition) is 3. The lowest BCUT2D eigenvalue weighted by Crippen LogP contribution is -2.34. The summed E-state index contributed by atoms with van der Waals surface area (Å²) in [5.41, 5.74) is 0.395. The molecule has 0 saturated carbocycles. The van der Waals surface area contributed by atoms with Crippen LogP contribution in [-0.2, 0) is 9.59 Å². The van der Waals surface area contributed by atoms with Crippen molar-refractivity contribution in [3.05, 3.63) is 29.8 Å². The van der Waals surface area contributed by atoms with Crippen molar-refractivity contribution in [3.63, 3.8) is 0 Å². The summed E-state index contributed by atoms with van der Waals surface area (Å²) in [7, 11) is 0. The van der Waals surface area contributed by atoms with Crippen LogP contribution < -0.4 is 10.1 Å². The van der Waals surface area contributed by atoms with Crippen LogP contribution in [0.5, 0.6) is 5.75 Å². The maximum absolute atomic E-state index is 12.2. The Balaban J connectivity index is 2.91. The second-order valence-electron chi connectivity index (χ2n) is 5.29. The molecule has 2 N–H and O–H groups in total. The number of hydrogen-bond donors (Lipinski definition) is 2. The Bertz CT molecular complexity index is 553. The number of amides is 1. The number of rotatable bonds is 8. The van der Waals surface area contributed by atoms with E-state index in [4.69, 9.17) is 5.11 Å². The highest BCUT2D eigenvalue weighted by molar-refractivity contribution is 5.80. The van der Waals surface area contributed by atoms with E-state index >= 15 is 0 Å². The van der Waals surface area contributed by atoms with Gasteiger partial charge in [-0.15, -0.1) is 13.2 Å². The van der Waals surface area contributed by atoms with Gasteiger partial charge in [-0.25, -0.2) is 0 Å². The molecule has 134 valence electrons. The summed E-state index contributed by atoms with van der Waals surface area (Å²) in [5.74, 6) is -2.05. The Morgan fingerprint density at radius 1 is 1.17 bits per heavy atom. The van der Waals surface area contributed by atoms with Crippen LogP contribution in [0.2, 0.25) is 0 Å². The fourth-order valence-electron chi connectivity index (χ4n) is 2.28. The van der Waals surface area contributed by atoms with E-state index < -0.39 is 24.1 Å². The van der Waals surface area contributed by atoms with E-state index in [9.17, 15) is 22.8 Å². The Morgan fingerprint density at radius 2 is 1.71 bits per heavy atom. The second kappa shape index (κ2) is 8.56. The van der Waals surface area contributed by atoms with Crippen molar-refractivity contribution in [2.45, 2.75) is 45.5 Å². The van der Waals surface area contributed by atoms with Gasteiger partial charge in [0.15, 0.2) is 0 Å². The summed E-state index contributed by atoms with van der Waals surface area (Å²) in [6.45, 7) is 3.70. The van der Waals surface area contributed by atoms with Gasteiger partial charge in [-0.05, 0) is 30.5 Å². The smallest absolute Gasteiger partial charge is 0.481 e. The van der Waals surface area contributed by atoms with E-state index in [-0.39, 0.29) is 18.2 Å². The Kier molecular flexibility index (Phi) is 7.06. The molecule has 0 bridgehead atoms. The van der Waals surface area contributed by atoms with Crippen molar-refractivity contribution >= 4 is 11.9 Å². The number of carbonyl (C=O) groups excluding carboxylic acids is 1. The van der Waals surface area contributed by atoms with Crippen LogP contribution in [0.1, 0.15) is 44.7 Å². The van der Waals surface area contributed by atoms with Crippen LogP contribution in [0.4, 0.5) is 13.2 Å². The zero-order valence-corrected chi connectivity index (χ0v) is 13.4. The monoisotopic (exact) mass is 347 g/mol. The number of alkyl halides is 3. The highest BCUT2D eigenvalue weighted by Gasteiger charge is 2.31. The lowest BCUT2D eigenvalue weighted by atomic mass is 9.99. The SMILES string of the molecule is CCC(CC)C(=O)NC(CC(=O)O)c1ccc(OC(F)(F)F)cc1. The molecule has 0 saturated heterocycles. The van der Waals surface area contributed by atoms with Crippen molar-refractivity contribution in [1.82, 2.24) is 5.32 Å². The summed E-state index contributed by atoms with van der Waals surface area (Å²) < 4.78 is 40.2. The zero-order valence-electron chi connectivity index (χ0n) is 13.4.